The van der Waals surface area contributed by atoms with Crippen molar-refractivity contribution in [1.29, 1.82) is 0 Å². The first kappa shape index (κ1) is 20.8. The third-order valence-electron chi connectivity index (χ3n) is 5.96. The number of H-pyrrole nitrogens is 1. The second kappa shape index (κ2) is 9.16. The van der Waals surface area contributed by atoms with Crippen LogP contribution in [0.1, 0.15) is 42.0 Å². The maximum absolute atomic E-state index is 12.5. The molecule has 8 heteroatoms. The lowest BCUT2D eigenvalue weighted by Gasteiger charge is -2.40. The smallest absolute Gasteiger partial charge is 0.226 e. The van der Waals surface area contributed by atoms with E-state index < -0.39 is 0 Å². The van der Waals surface area contributed by atoms with Crippen LogP contribution >= 0.6 is 0 Å². The average Bonchev–Trinajstić information content (AvgIpc) is 3.35. The highest BCUT2D eigenvalue weighted by atomic mass is 16.2. The number of nitrogens with zero attached hydrogens (tertiary/aromatic N) is 4. The Morgan fingerprint density at radius 1 is 1.23 bits per heavy atom. The SMILES string of the molecule is CN(C(=O)Cc1ccccc1)C1CC(c2cc(NC(=O)CCc3cnn(C)c3)n[nH]2)C1. The van der Waals surface area contributed by atoms with Crippen LogP contribution in [0.5, 0.6) is 0 Å². The summed E-state index contributed by atoms with van der Waals surface area (Å²) in [6.45, 7) is 0. The molecule has 2 amide bonds. The lowest BCUT2D eigenvalue weighted by atomic mass is 9.77. The monoisotopic (exact) mass is 420 g/mol. The van der Waals surface area contributed by atoms with Gasteiger partial charge in [-0.3, -0.25) is 19.4 Å². The zero-order chi connectivity index (χ0) is 21.8. The molecule has 2 heterocycles. The molecule has 1 aromatic carbocycles. The zero-order valence-electron chi connectivity index (χ0n) is 17.9. The van der Waals surface area contributed by atoms with E-state index in [2.05, 4.69) is 20.6 Å². The minimum absolute atomic E-state index is 0.0698. The number of nitrogens with one attached hydrogen (secondary N) is 2. The Bertz CT molecular complexity index is 1040. The van der Waals surface area contributed by atoms with E-state index in [0.717, 1.165) is 29.7 Å². The number of likely N-dealkylation sites (N-methyl/N-ethyl adjacent to an activating group) is 1. The molecule has 3 aromatic rings. The van der Waals surface area contributed by atoms with Crippen molar-refractivity contribution < 1.29 is 9.59 Å². The van der Waals surface area contributed by atoms with Gasteiger partial charge in [-0.1, -0.05) is 30.3 Å². The van der Waals surface area contributed by atoms with Crippen molar-refractivity contribution in [2.75, 3.05) is 12.4 Å². The van der Waals surface area contributed by atoms with Crippen LogP contribution in [0.15, 0.2) is 48.8 Å². The number of carbonyl (C=O) groups excluding carboxylic acids is 2. The van der Waals surface area contributed by atoms with Gasteiger partial charge in [0, 0.05) is 50.4 Å². The number of aryl methyl sites for hydroxylation is 2. The van der Waals surface area contributed by atoms with Crippen molar-refractivity contribution in [3.05, 3.63) is 65.6 Å². The van der Waals surface area contributed by atoms with E-state index in [1.807, 2.05) is 61.6 Å². The van der Waals surface area contributed by atoms with Gasteiger partial charge in [-0.25, -0.2) is 0 Å². The van der Waals surface area contributed by atoms with Gasteiger partial charge >= 0.3 is 0 Å². The van der Waals surface area contributed by atoms with Crippen LogP contribution in [0, 0.1) is 0 Å². The number of anilines is 1. The molecule has 1 aliphatic carbocycles. The lowest BCUT2D eigenvalue weighted by Crippen LogP contribution is -2.45. The second-order valence-corrected chi connectivity index (χ2v) is 8.27. The first-order valence-corrected chi connectivity index (χ1v) is 10.6. The molecule has 8 nitrogen and oxygen atoms in total. The predicted octanol–water partition coefficient (Wildman–Crippen LogP) is 2.66. The van der Waals surface area contributed by atoms with Gasteiger partial charge in [0.05, 0.1) is 12.6 Å². The average molecular weight is 421 g/mol. The second-order valence-electron chi connectivity index (χ2n) is 8.27. The molecule has 1 fully saturated rings. The van der Waals surface area contributed by atoms with Crippen molar-refractivity contribution >= 4 is 17.6 Å². The van der Waals surface area contributed by atoms with E-state index in [-0.39, 0.29) is 17.9 Å². The minimum atomic E-state index is -0.0698. The Labute approximate surface area is 181 Å². The molecule has 0 bridgehead atoms. The van der Waals surface area contributed by atoms with E-state index in [9.17, 15) is 9.59 Å². The summed E-state index contributed by atoms with van der Waals surface area (Å²) < 4.78 is 1.73. The van der Waals surface area contributed by atoms with Gasteiger partial charge in [-0.05, 0) is 30.4 Å². The fraction of sp³-hybridized carbons (Fsp3) is 0.391. The first-order valence-electron chi connectivity index (χ1n) is 10.6. The van der Waals surface area contributed by atoms with Crippen LogP contribution in [0.3, 0.4) is 0 Å². The molecule has 2 aromatic heterocycles. The molecule has 31 heavy (non-hydrogen) atoms. The Morgan fingerprint density at radius 3 is 2.71 bits per heavy atom. The Balaban J connectivity index is 1.22. The van der Waals surface area contributed by atoms with Crippen LogP contribution < -0.4 is 5.32 Å². The zero-order valence-corrected chi connectivity index (χ0v) is 17.9. The number of amides is 2. The van der Waals surface area contributed by atoms with Gasteiger partial charge in [-0.15, -0.1) is 0 Å². The fourth-order valence-corrected chi connectivity index (χ4v) is 3.93. The third-order valence-corrected chi connectivity index (χ3v) is 5.96. The normalized spacial score (nSPS) is 17.7. The molecule has 1 aliphatic rings. The summed E-state index contributed by atoms with van der Waals surface area (Å²) in [6.07, 6.45) is 6.93. The number of benzene rings is 1. The number of aromatic nitrogens is 4. The predicted molar refractivity (Wildman–Crippen MR) is 117 cm³/mol. The number of aromatic amines is 1. The third kappa shape index (κ3) is 5.20. The van der Waals surface area contributed by atoms with Crippen molar-refractivity contribution in [2.24, 2.45) is 7.05 Å². The summed E-state index contributed by atoms with van der Waals surface area (Å²) >= 11 is 0. The summed E-state index contributed by atoms with van der Waals surface area (Å²) in [5.41, 5.74) is 3.07. The van der Waals surface area contributed by atoms with E-state index in [4.69, 9.17) is 0 Å². The standard InChI is InChI=1S/C23H28N6O2/c1-28-15-17(14-24-28)8-9-22(30)25-21-13-20(26-27-21)18-11-19(12-18)29(2)23(31)10-16-6-4-3-5-7-16/h3-7,13-15,18-19H,8-12H2,1-2H3,(H2,25,26,27,30). The summed E-state index contributed by atoms with van der Waals surface area (Å²) in [5.74, 6) is 0.939. The van der Waals surface area contributed by atoms with Crippen LogP contribution in [-0.2, 0) is 29.5 Å². The number of carbonyl (C=O) groups is 2. The van der Waals surface area contributed by atoms with Gasteiger partial charge in [0.25, 0.3) is 0 Å². The van der Waals surface area contributed by atoms with Gasteiger partial charge in [-0.2, -0.15) is 10.2 Å². The molecule has 0 unspecified atom stereocenters. The molecule has 4 rings (SSSR count). The molecule has 162 valence electrons. The molecule has 0 radical (unpaired) electrons. The maximum Gasteiger partial charge on any atom is 0.226 e. The Hall–Kier alpha value is -3.42. The van der Waals surface area contributed by atoms with Gasteiger partial charge in [0.1, 0.15) is 0 Å². The molecule has 2 N–H and O–H groups in total. The molecule has 0 spiro atoms. The number of rotatable bonds is 8. The fourth-order valence-electron chi connectivity index (χ4n) is 3.93. The van der Waals surface area contributed by atoms with Crippen LogP contribution in [0.4, 0.5) is 5.82 Å². The molecule has 0 atom stereocenters. The summed E-state index contributed by atoms with van der Waals surface area (Å²) in [7, 11) is 3.74. The molecule has 1 saturated carbocycles. The first-order chi connectivity index (χ1) is 15.0. The van der Waals surface area contributed by atoms with Gasteiger partial charge in [0.2, 0.25) is 11.8 Å². The van der Waals surface area contributed by atoms with Gasteiger partial charge in [0.15, 0.2) is 5.82 Å². The highest BCUT2D eigenvalue weighted by Gasteiger charge is 2.36. The number of hydrogen-bond donors (Lipinski definition) is 2. The van der Waals surface area contributed by atoms with E-state index in [1.165, 1.54) is 0 Å². The molecular weight excluding hydrogens is 392 g/mol. The van der Waals surface area contributed by atoms with E-state index >= 15 is 0 Å². The highest BCUT2D eigenvalue weighted by molar-refractivity contribution is 5.89. The summed E-state index contributed by atoms with van der Waals surface area (Å²) in [4.78, 5) is 26.6. The van der Waals surface area contributed by atoms with E-state index in [0.29, 0.717) is 31.0 Å². The molecular formula is C23H28N6O2. The lowest BCUT2D eigenvalue weighted by molar-refractivity contribution is -0.133. The van der Waals surface area contributed by atoms with Crippen molar-refractivity contribution in [3.63, 3.8) is 0 Å². The van der Waals surface area contributed by atoms with Crippen molar-refractivity contribution in [1.82, 2.24) is 24.9 Å². The number of hydrogen-bond acceptors (Lipinski definition) is 4. The highest BCUT2D eigenvalue weighted by Crippen LogP contribution is 2.39. The Kier molecular flexibility index (Phi) is 6.16. The van der Waals surface area contributed by atoms with Crippen LogP contribution in [0.2, 0.25) is 0 Å². The summed E-state index contributed by atoms with van der Waals surface area (Å²) in [5, 5.41) is 14.2. The largest absolute Gasteiger partial charge is 0.342 e. The van der Waals surface area contributed by atoms with Gasteiger partial charge < -0.3 is 10.2 Å². The maximum atomic E-state index is 12.5. The summed E-state index contributed by atoms with van der Waals surface area (Å²) in [6, 6.07) is 12.0. The quantitative estimate of drug-likeness (QED) is 0.586. The topological polar surface area (TPSA) is 95.9 Å². The van der Waals surface area contributed by atoms with Crippen LogP contribution in [0.25, 0.3) is 0 Å². The Morgan fingerprint density at radius 2 is 2.00 bits per heavy atom. The van der Waals surface area contributed by atoms with E-state index in [1.54, 1.807) is 10.9 Å². The molecule has 0 saturated heterocycles. The van der Waals surface area contributed by atoms with Crippen molar-refractivity contribution in [3.8, 4) is 0 Å². The minimum Gasteiger partial charge on any atom is -0.342 e. The van der Waals surface area contributed by atoms with Crippen LogP contribution in [-0.4, -0.2) is 49.8 Å². The van der Waals surface area contributed by atoms with Crippen molar-refractivity contribution in [2.45, 2.75) is 44.1 Å². The molecule has 0 aliphatic heterocycles.